The number of H-pyrrole nitrogens is 1. The van der Waals surface area contributed by atoms with Gasteiger partial charge in [-0.3, -0.25) is 15.4 Å². The van der Waals surface area contributed by atoms with Crippen LogP contribution in [0.2, 0.25) is 0 Å². The lowest BCUT2D eigenvalue weighted by Gasteiger charge is -2.08. The molecule has 0 fully saturated rings. The Kier molecular flexibility index (Phi) is 4.47. The van der Waals surface area contributed by atoms with Crippen LogP contribution in [0, 0.1) is 10.1 Å². The van der Waals surface area contributed by atoms with E-state index in [0.717, 1.165) is 5.56 Å². The standard InChI is InChI=1S/C21H15N3O4/c25-21(22-15-9-5-2-6-10-15)28-20-19(14-7-3-1-4-8-14)17-13-16(24(26)27)11-12-18(17)23-20/h1-13,23H,(H,22,25). The summed E-state index contributed by atoms with van der Waals surface area (Å²) in [6.07, 6.45) is -0.663. The highest BCUT2D eigenvalue weighted by molar-refractivity contribution is 6.01. The van der Waals surface area contributed by atoms with Gasteiger partial charge in [-0.2, -0.15) is 0 Å². The van der Waals surface area contributed by atoms with Gasteiger partial charge in [0, 0.05) is 28.7 Å². The zero-order valence-electron chi connectivity index (χ0n) is 14.6. The number of para-hydroxylation sites is 1. The molecular weight excluding hydrogens is 358 g/mol. The minimum atomic E-state index is -0.663. The highest BCUT2D eigenvalue weighted by Crippen LogP contribution is 2.38. The molecule has 0 saturated carbocycles. The Bertz CT molecular complexity index is 1150. The molecule has 4 rings (SSSR count). The largest absolute Gasteiger partial charge is 0.418 e. The molecule has 2 N–H and O–H groups in total. The van der Waals surface area contributed by atoms with E-state index in [1.165, 1.54) is 12.1 Å². The SMILES string of the molecule is O=C(Nc1ccccc1)Oc1[nH]c2ccc([N+](=O)[O-])cc2c1-c1ccccc1. The van der Waals surface area contributed by atoms with Gasteiger partial charge >= 0.3 is 6.09 Å². The second-order valence-electron chi connectivity index (χ2n) is 6.06. The molecule has 0 unspecified atom stereocenters. The summed E-state index contributed by atoms with van der Waals surface area (Å²) in [5, 5.41) is 14.4. The van der Waals surface area contributed by atoms with Crippen molar-refractivity contribution in [1.82, 2.24) is 4.98 Å². The smallest absolute Gasteiger partial charge is 0.392 e. The maximum atomic E-state index is 12.4. The van der Waals surface area contributed by atoms with Crippen LogP contribution >= 0.6 is 0 Å². The molecule has 1 aromatic heterocycles. The summed E-state index contributed by atoms with van der Waals surface area (Å²) < 4.78 is 5.51. The number of aromatic amines is 1. The first-order valence-electron chi connectivity index (χ1n) is 8.51. The third-order valence-electron chi connectivity index (χ3n) is 4.24. The van der Waals surface area contributed by atoms with Crippen LogP contribution in [0.25, 0.3) is 22.0 Å². The van der Waals surface area contributed by atoms with Gasteiger partial charge in [-0.15, -0.1) is 0 Å². The van der Waals surface area contributed by atoms with Gasteiger partial charge < -0.3 is 9.72 Å². The van der Waals surface area contributed by atoms with Crippen molar-refractivity contribution in [3.8, 4) is 17.0 Å². The van der Waals surface area contributed by atoms with Gasteiger partial charge in [0.1, 0.15) is 0 Å². The summed E-state index contributed by atoms with van der Waals surface area (Å²) >= 11 is 0. The molecule has 7 heteroatoms. The van der Waals surface area contributed by atoms with Crippen molar-refractivity contribution < 1.29 is 14.5 Å². The van der Waals surface area contributed by atoms with Crippen LogP contribution in [0.15, 0.2) is 78.9 Å². The van der Waals surface area contributed by atoms with Crippen LogP contribution in [0.4, 0.5) is 16.2 Å². The molecule has 0 radical (unpaired) electrons. The number of nitrogens with zero attached hydrogens (tertiary/aromatic N) is 1. The number of nitro benzene ring substituents is 1. The van der Waals surface area contributed by atoms with Crippen LogP contribution in [0.1, 0.15) is 0 Å². The molecule has 7 nitrogen and oxygen atoms in total. The number of carbonyl (C=O) groups is 1. The third-order valence-corrected chi connectivity index (χ3v) is 4.24. The lowest BCUT2D eigenvalue weighted by atomic mass is 10.0. The Labute approximate surface area is 159 Å². The number of fused-ring (bicyclic) bond motifs is 1. The van der Waals surface area contributed by atoms with E-state index in [-0.39, 0.29) is 11.6 Å². The first kappa shape index (κ1) is 17.3. The van der Waals surface area contributed by atoms with Crippen molar-refractivity contribution >= 4 is 28.4 Å². The van der Waals surface area contributed by atoms with Gasteiger partial charge in [0.05, 0.1) is 10.5 Å². The summed E-state index contributed by atoms with van der Waals surface area (Å²) in [4.78, 5) is 26.1. The quantitative estimate of drug-likeness (QED) is 0.372. The maximum absolute atomic E-state index is 12.4. The van der Waals surface area contributed by atoms with Gasteiger partial charge in [0.15, 0.2) is 0 Å². The Morgan fingerprint density at radius 1 is 0.964 bits per heavy atom. The Balaban J connectivity index is 1.76. The highest BCUT2D eigenvalue weighted by Gasteiger charge is 2.20. The lowest BCUT2D eigenvalue weighted by Crippen LogP contribution is -2.17. The van der Waals surface area contributed by atoms with Gasteiger partial charge in [0.2, 0.25) is 5.88 Å². The van der Waals surface area contributed by atoms with Crippen LogP contribution in [0.3, 0.4) is 0 Å². The summed E-state index contributed by atoms with van der Waals surface area (Å²) in [5.74, 6) is 0.218. The number of hydrogen-bond donors (Lipinski definition) is 2. The average Bonchev–Trinajstić information content (AvgIpc) is 3.06. The summed E-state index contributed by atoms with van der Waals surface area (Å²) in [7, 11) is 0. The molecule has 0 bridgehead atoms. The van der Waals surface area contributed by atoms with Crippen molar-refractivity contribution in [3.63, 3.8) is 0 Å². The molecule has 0 saturated heterocycles. The molecule has 3 aromatic carbocycles. The van der Waals surface area contributed by atoms with Gasteiger partial charge in [0.25, 0.3) is 5.69 Å². The van der Waals surface area contributed by atoms with Gasteiger partial charge in [-0.05, 0) is 23.8 Å². The number of non-ortho nitro benzene ring substituents is 1. The van der Waals surface area contributed by atoms with Crippen molar-refractivity contribution in [1.29, 1.82) is 0 Å². The first-order valence-corrected chi connectivity index (χ1v) is 8.51. The van der Waals surface area contributed by atoms with Crippen molar-refractivity contribution in [2.75, 3.05) is 5.32 Å². The van der Waals surface area contributed by atoms with Crippen LogP contribution in [-0.4, -0.2) is 16.0 Å². The van der Waals surface area contributed by atoms with E-state index in [9.17, 15) is 14.9 Å². The van der Waals surface area contributed by atoms with Crippen LogP contribution in [-0.2, 0) is 0 Å². The van der Waals surface area contributed by atoms with Crippen molar-refractivity contribution in [3.05, 3.63) is 89.0 Å². The summed E-state index contributed by atoms with van der Waals surface area (Å²) in [5.41, 5.74) is 2.55. The van der Waals surface area contributed by atoms with E-state index in [1.54, 1.807) is 30.3 Å². The number of carbonyl (C=O) groups excluding carboxylic acids is 1. The van der Waals surface area contributed by atoms with E-state index in [1.807, 2.05) is 36.4 Å². The number of nitro groups is 1. The number of ether oxygens (including phenoxy) is 1. The fourth-order valence-electron chi connectivity index (χ4n) is 2.99. The van der Waals surface area contributed by atoms with Gasteiger partial charge in [-0.25, -0.2) is 4.79 Å². The Morgan fingerprint density at radius 2 is 1.64 bits per heavy atom. The molecular formula is C21H15N3O4. The maximum Gasteiger partial charge on any atom is 0.418 e. The zero-order valence-corrected chi connectivity index (χ0v) is 14.6. The number of nitrogens with one attached hydrogen (secondary N) is 2. The van der Waals surface area contributed by atoms with E-state index in [0.29, 0.717) is 22.2 Å². The lowest BCUT2D eigenvalue weighted by molar-refractivity contribution is -0.384. The van der Waals surface area contributed by atoms with Crippen molar-refractivity contribution in [2.45, 2.75) is 0 Å². The number of hydrogen-bond acceptors (Lipinski definition) is 4. The molecule has 1 heterocycles. The Hall–Kier alpha value is -4.13. The highest BCUT2D eigenvalue weighted by atomic mass is 16.6. The molecule has 4 aromatic rings. The Morgan fingerprint density at radius 3 is 2.32 bits per heavy atom. The predicted octanol–water partition coefficient (Wildman–Crippen LogP) is 5.35. The number of anilines is 1. The second-order valence-corrected chi connectivity index (χ2v) is 6.06. The first-order chi connectivity index (χ1) is 13.6. The second kappa shape index (κ2) is 7.24. The van der Waals surface area contributed by atoms with Crippen LogP contribution in [0.5, 0.6) is 5.88 Å². The number of benzene rings is 3. The van der Waals surface area contributed by atoms with E-state index < -0.39 is 11.0 Å². The third kappa shape index (κ3) is 3.41. The van der Waals surface area contributed by atoms with E-state index >= 15 is 0 Å². The van der Waals surface area contributed by atoms with Gasteiger partial charge in [-0.1, -0.05) is 48.5 Å². The average molecular weight is 373 g/mol. The number of rotatable bonds is 4. The fourth-order valence-corrected chi connectivity index (χ4v) is 2.99. The minimum absolute atomic E-state index is 0.0380. The zero-order chi connectivity index (χ0) is 19.5. The topological polar surface area (TPSA) is 97.3 Å². The van der Waals surface area contributed by atoms with E-state index in [4.69, 9.17) is 4.74 Å². The number of amides is 1. The molecule has 138 valence electrons. The molecule has 28 heavy (non-hydrogen) atoms. The summed E-state index contributed by atoms with van der Waals surface area (Å²) in [6.45, 7) is 0. The minimum Gasteiger partial charge on any atom is -0.392 e. The normalized spacial score (nSPS) is 10.6. The molecule has 0 aliphatic carbocycles. The molecule has 1 amide bonds. The predicted molar refractivity (Wildman–Crippen MR) is 106 cm³/mol. The fraction of sp³-hybridized carbons (Fsp3) is 0. The monoisotopic (exact) mass is 373 g/mol. The molecule has 0 spiro atoms. The molecule has 0 aliphatic rings. The molecule has 0 aliphatic heterocycles. The van der Waals surface area contributed by atoms with E-state index in [2.05, 4.69) is 10.3 Å². The number of aromatic nitrogens is 1. The molecule has 0 atom stereocenters. The summed E-state index contributed by atoms with van der Waals surface area (Å²) in [6, 6.07) is 22.7. The van der Waals surface area contributed by atoms with Crippen molar-refractivity contribution in [2.24, 2.45) is 0 Å². The van der Waals surface area contributed by atoms with Crippen LogP contribution < -0.4 is 10.1 Å².